The molecule has 3 N–H and O–H groups in total. The van der Waals surface area contributed by atoms with Gasteiger partial charge in [-0.25, -0.2) is 14.8 Å². The van der Waals surface area contributed by atoms with Crippen LogP contribution in [0.25, 0.3) is 22.3 Å². The highest BCUT2D eigenvalue weighted by atomic mass is 16.6. The Morgan fingerprint density at radius 1 is 1.24 bits per heavy atom. The molecule has 0 bridgehead atoms. The van der Waals surface area contributed by atoms with E-state index in [1.54, 1.807) is 12.1 Å². The summed E-state index contributed by atoms with van der Waals surface area (Å²) in [4.78, 5) is 19.9. The second kappa shape index (κ2) is 12.0. The Balaban J connectivity index is 0.000000257. The number of carbonyl (C=O) groups excluding carboxylic acids is 1. The SMILES string of the molecule is CCCCNc1nc(-c2ccccc2O)nc2cc(C)ccc12.CNC(=O)OC1CCOC1. The number of nitrogens with one attached hydrogen (secondary N) is 2. The summed E-state index contributed by atoms with van der Waals surface area (Å²) < 4.78 is 9.88. The minimum absolute atomic E-state index is 0.0417. The number of aromatic nitrogens is 2. The number of fused-ring (bicyclic) bond motifs is 1. The summed E-state index contributed by atoms with van der Waals surface area (Å²) in [6.45, 7) is 6.31. The lowest BCUT2D eigenvalue weighted by Gasteiger charge is -2.12. The first kappa shape index (κ1) is 24.3. The number of anilines is 1. The molecule has 33 heavy (non-hydrogen) atoms. The Morgan fingerprint density at radius 2 is 2.06 bits per heavy atom. The zero-order valence-corrected chi connectivity index (χ0v) is 19.4. The van der Waals surface area contributed by atoms with E-state index >= 15 is 0 Å². The summed E-state index contributed by atoms with van der Waals surface area (Å²) >= 11 is 0. The number of hydrogen-bond donors (Lipinski definition) is 3. The molecule has 0 aliphatic carbocycles. The van der Waals surface area contributed by atoms with Crippen LogP contribution in [-0.4, -0.2) is 54.1 Å². The molecule has 4 rings (SSSR count). The molecule has 2 aromatic carbocycles. The van der Waals surface area contributed by atoms with E-state index in [1.165, 1.54) is 7.05 Å². The molecule has 1 unspecified atom stereocenters. The number of aryl methyl sites for hydroxylation is 1. The molecule has 0 radical (unpaired) electrons. The van der Waals surface area contributed by atoms with Crippen LogP contribution in [0.4, 0.5) is 10.6 Å². The monoisotopic (exact) mass is 452 g/mol. The number of carbonyl (C=O) groups is 1. The highest BCUT2D eigenvalue weighted by Crippen LogP contribution is 2.30. The standard InChI is InChI=1S/C19H21N3O.C6H11NO3/c1-3-4-11-20-18-14-10-9-13(2)12-16(14)21-19(22-18)15-7-5-6-8-17(15)23;1-7-6(8)10-5-2-3-9-4-5/h5-10,12,23H,3-4,11H2,1-2H3,(H,20,21,22);5H,2-4H2,1H3,(H,7,8). The van der Waals surface area contributed by atoms with Crippen molar-refractivity contribution < 1.29 is 19.4 Å². The number of aromatic hydroxyl groups is 1. The predicted molar refractivity (Wildman–Crippen MR) is 130 cm³/mol. The molecule has 1 amide bonds. The number of hydrogen-bond acceptors (Lipinski definition) is 7. The van der Waals surface area contributed by atoms with E-state index in [0.717, 1.165) is 48.1 Å². The Labute approximate surface area is 194 Å². The van der Waals surface area contributed by atoms with Crippen molar-refractivity contribution in [2.75, 3.05) is 32.1 Å². The fraction of sp³-hybridized carbons (Fsp3) is 0.400. The van der Waals surface area contributed by atoms with Crippen LogP contribution in [0.5, 0.6) is 5.75 Å². The van der Waals surface area contributed by atoms with Crippen LogP contribution in [0.2, 0.25) is 0 Å². The van der Waals surface area contributed by atoms with Gasteiger partial charge in [-0.15, -0.1) is 0 Å². The number of amides is 1. The number of nitrogens with zero attached hydrogens (tertiary/aromatic N) is 2. The summed E-state index contributed by atoms with van der Waals surface area (Å²) in [7, 11) is 1.54. The maximum absolute atomic E-state index is 10.6. The Hall–Kier alpha value is -3.39. The molecule has 1 aliphatic rings. The molecular formula is C25H32N4O4. The number of alkyl carbamates (subject to hydrolysis) is 1. The van der Waals surface area contributed by atoms with Gasteiger partial charge < -0.3 is 25.2 Å². The number of ether oxygens (including phenoxy) is 2. The molecule has 8 nitrogen and oxygen atoms in total. The second-order valence-corrected chi connectivity index (χ2v) is 7.85. The smallest absolute Gasteiger partial charge is 0.407 e. The average Bonchev–Trinajstić information content (AvgIpc) is 3.32. The molecule has 1 fully saturated rings. The number of para-hydroxylation sites is 1. The molecule has 1 atom stereocenters. The lowest BCUT2D eigenvalue weighted by Crippen LogP contribution is -2.25. The van der Waals surface area contributed by atoms with Crippen molar-refractivity contribution in [2.24, 2.45) is 0 Å². The van der Waals surface area contributed by atoms with Crippen molar-refractivity contribution in [1.82, 2.24) is 15.3 Å². The van der Waals surface area contributed by atoms with Crippen LogP contribution in [-0.2, 0) is 9.47 Å². The van der Waals surface area contributed by atoms with E-state index in [1.807, 2.05) is 31.2 Å². The van der Waals surface area contributed by atoms with E-state index in [0.29, 0.717) is 24.6 Å². The zero-order valence-electron chi connectivity index (χ0n) is 19.4. The normalized spacial score (nSPS) is 14.9. The van der Waals surface area contributed by atoms with Crippen LogP contribution in [0.3, 0.4) is 0 Å². The van der Waals surface area contributed by atoms with Gasteiger partial charge >= 0.3 is 6.09 Å². The maximum atomic E-state index is 10.6. The topological polar surface area (TPSA) is 106 Å². The molecule has 3 aromatic rings. The van der Waals surface area contributed by atoms with Crippen LogP contribution < -0.4 is 10.6 Å². The predicted octanol–water partition coefficient (Wildman–Crippen LogP) is 4.65. The summed E-state index contributed by atoms with van der Waals surface area (Å²) in [5, 5.41) is 16.9. The van der Waals surface area contributed by atoms with E-state index in [4.69, 9.17) is 9.47 Å². The van der Waals surface area contributed by atoms with E-state index in [2.05, 4.69) is 33.6 Å². The first-order valence-corrected chi connectivity index (χ1v) is 11.3. The van der Waals surface area contributed by atoms with Crippen molar-refractivity contribution in [3.8, 4) is 17.1 Å². The van der Waals surface area contributed by atoms with Crippen LogP contribution >= 0.6 is 0 Å². The first-order valence-electron chi connectivity index (χ1n) is 11.3. The fourth-order valence-corrected chi connectivity index (χ4v) is 3.36. The highest BCUT2D eigenvalue weighted by Gasteiger charge is 2.18. The largest absolute Gasteiger partial charge is 0.507 e. The molecule has 2 heterocycles. The first-order chi connectivity index (χ1) is 16.0. The van der Waals surface area contributed by atoms with Gasteiger partial charge in [0.2, 0.25) is 0 Å². The van der Waals surface area contributed by atoms with Crippen molar-refractivity contribution in [3.63, 3.8) is 0 Å². The van der Waals surface area contributed by atoms with Gasteiger partial charge in [0.15, 0.2) is 5.82 Å². The summed E-state index contributed by atoms with van der Waals surface area (Å²) in [6, 6.07) is 13.3. The number of phenolic OH excluding ortho intramolecular Hbond substituents is 1. The van der Waals surface area contributed by atoms with Gasteiger partial charge in [-0.3, -0.25) is 0 Å². The third kappa shape index (κ3) is 6.79. The quantitative estimate of drug-likeness (QED) is 0.467. The molecule has 176 valence electrons. The van der Waals surface area contributed by atoms with Crippen molar-refractivity contribution in [2.45, 2.75) is 39.2 Å². The number of rotatable bonds is 6. The van der Waals surface area contributed by atoms with Crippen molar-refractivity contribution in [1.29, 1.82) is 0 Å². The zero-order chi connectivity index (χ0) is 23.6. The highest BCUT2D eigenvalue weighted by molar-refractivity contribution is 5.91. The lowest BCUT2D eigenvalue weighted by atomic mass is 10.1. The third-order valence-electron chi connectivity index (χ3n) is 5.19. The minimum atomic E-state index is -0.379. The van der Waals surface area contributed by atoms with Crippen LogP contribution in [0.1, 0.15) is 31.7 Å². The van der Waals surface area contributed by atoms with Gasteiger partial charge in [0.25, 0.3) is 0 Å². The van der Waals surface area contributed by atoms with Crippen LogP contribution in [0, 0.1) is 6.92 Å². The molecule has 1 aliphatic heterocycles. The molecule has 0 spiro atoms. The van der Waals surface area contributed by atoms with Gasteiger partial charge in [-0.05, 0) is 43.2 Å². The summed E-state index contributed by atoms with van der Waals surface area (Å²) in [5.41, 5.74) is 2.69. The molecule has 1 aromatic heterocycles. The van der Waals surface area contributed by atoms with E-state index in [9.17, 15) is 9.90 Å². The maximum Gasteiger partial charge on any atom is 0.407 e. The number of phenols is 1. The fourth-order valence-electron chi connectivity index (χ4n) is 3.36. The Morgan fingerprint density at radius 3 is 2.76 bits per heavy atom. The second-order valence-electron chi connectivity index (χ2n) is 7.85. The average molecular weight is 453 g/mol. The van der Waals surface area contributed by atoms with Crippen molar-refractivity contribution in [3.05, 3.63) is 48.0 Å². The Bertz CT molecular complexity index is 1070. The third-order valence-corrected chi connectivity index (χ3v) is 5.19. The Kier molecular flexibility index (Phi) is 8.83. The number of benzene rings is 2. The summed E-state index contributed by atoms with van der Waals surface area (Å²) in [5.74, 6) is 1.56. The van der Waals surface area contributed by atoms with Crippen molar-refractivity contribution >= 4 is 22.8 Å². The van der Waals surface area contributed by atoms with Gasteiger partial charge in [-0.2, -0.15) is 0 Å². The van der Waals surface area contributed by atoms with Gasteiger partial charge in [-0.1, -0.05) is 31.5 Å². The van der Waals surface area contributed by atoms with E-state index in [-0.39, 0.29) is 17.9 Å². The van der Waals surface area contributed by atoms with Crippen LogP contribution in [0.15, 0.2) is 42.5 Å². The number of unbranched alkanes of at least 4 members (excludes halogenated alkanes) is 1. The van der Waals surface area contributed by atoms with E-state index < -0.39 is 0 Å². The molecule has 0 saturated carbocycles. The minimum Gasteiger partial charge on any atom is -0.507 e. The lowest BCUT2D eigenvalue weighted by molar-refractivity contribution is 0.0846. The summed E-state index contributed by atoms with van der Waals surface area (Å²) in [6.07, 6.45) is 2.61. The molecule has 1 saturated heterocycles. The van der Waals surface area contributed by atoms with Gasteiger partial charge in [0.05, 0.1) is 24.3 Å². The van der Waals surface area contributed by atoms with Gasteiger partial charge in [0.1, 0.15) is 17.7 Å². The molecular weight excluding hydrogens is 420 g/mol. The van der Waals surface area contributed by atoms with Gasteiger partial charge in [0, 0.05) is 25.4 Å². The molecule has 8 heteroatoms.